The lowest BCUT2D eigenvalue weighted by molar-refractivity contribution is 0.0958. The molecule has 1 aliphatic carbocycles. The summed E-state index contributed by atoms with van der Waals surface area (Å²) >= 11 is 0. The van der Waals surface area contributed by atoms with Crippen molar-refractivity contribution in [2.75, 3.05) is 7.05 Å². The number of pyridine rings is 1. The summed E-state index contributed by atoms with van der Waals surface area (Å²) in [6.07, 6.45) is 9.53. The molecule has 1 N–H and O–H groups in total. The third-order valence-corrected chi connectivity index (χ3v) is 6.57. The quantitative estimate of drug-likeness (QED) is 0.282. The molecule has 216 valence electrons. The van der Waals surface area contributed by atoms with Crippen molar-refractivity contribution >= 4 is 38.7 Å². The Morgan fingerprint density at radius 1 is 0.814 bits per heavy atom. The van der Waals surface area contributed by atoms with Gasteiger partial charge in [0.25, 0.3) is 5.91 Å². The molecule has 10 nitrogen and oxygen atoms in total. The van der Waals surface area contributed by atoms with Gasteiger partial charge < -0.3 is 5.32 Å². The lowest BCUT2D eigenvalue weighted by atomic mass is 10.2. The molecular weight excluding hydrogens is 538 g/mol. The van der Waals surface area contributed by atoms with Crippen LogP contribution < -0.4 is 5.32 Å². The fourth-order valence-corrected chi connectivity index (χ4v) is 4.30. The van der Waals surface area contributed by atoms with Crippen LogP contribution in [0.3, 0.4) is 0 Å². The number of aromatic nitrogens is 8. The highest BCUT2D eigenvalue weighted by molar-refractivity contribution is 5.91. The normalized spacial score (nSPS) is 11.9. The van der Waals surface area contributed by atoms with Crippen LogP contribution in [0.5, 0.6) is 0 Å². The Morgan fingerprint density at radius 2 is 1.53 bits per heavy atom. The zero-order valence-electron chi connectivity index (χ0n) is 24.4. The van der Waals surface area contributed by atoms with Crippen molar-refractivity contribution < 1.29 is 4.79 Å². The predicted octanol–water partition coefficient (Wildman–Crippen LogP) is 5.72. The summed E-state index contributed by atoms with van der Waals surface area (Å²) in [6.45, 7) is 2.06. The molecule has 1 aliphatic rings. The van der Waals surface area contributed by atoms with E-state index in [0.29, 0.717) is 11.7 Å². The number of benzene rings is 3. The second-order valence-electron chi connectivity index (χ2n) is 9.94. The van der Waals surface area contributed by atoms with Crippen molar-refractivity contribution in [1.29, 1.82) is 0 Å². The van der Waals surface area contributed by atoms with E-state index in [4.69, 9.17) is 0 Å². The zero-order valence-corrected chi connectivity index (χ0v) is 24.4. The SMILES string of the molecule is CNC(=O)c1ccccn1.Cc1ccc2ncncc2c1.Cn1nc2ccccc2n1.c1ccc2c(c1)cnn2C1CC1. The largest absolute Gasteiger partial charge is 0.354 e. The van der Waals surface area contributed by atoms with Crippen molar-refractivity contribution in [3.8, 4) is 0 Å². The Labute approximate surface area is 249 Å². The molecule has 1 amide bonds. The minimum Gasteiger partial charge on any atom is -0.354 e. The molecule has 43 heavy (non-hydrogen) atoms. The maximum atomic E-state index is 10.8. The Kier molecular flexibility index (Phi) is 9.38. The first-order valence-electron chi connectivity index (χ1n) is 14.0. The average molecular weight is 572 g/mol. The van der Waals surface area contributed by atoms with Gasteiger partial charge in [0.05, 0.1) is 23.3 Å². The standard InChI is InChI=1S/C10H10N2.C9H8N2.C7H7N3.C7H8N2O/c1-2-4-10-8(3-1)7-11-12(10)9-5-6-9;1-7-2-3-9-8(4-7)5-10-6-11-9;1-10-8-6-4-2-3-5-7(6)9-10;1-8-7(10)6-4-2-3-5-9-6/h1-4,7,9H,5-6H2;2-6H,1H3;2-5H,1H3;2-5H,1H3,(H,8,10). The molecule has 7 aromatic rings. The number of hydrogen-bond acceptors (Lipinski definition) is 7. The summed E-state index contributed by atoms with van der Waals surface area (Å²) in [7, 11) is 3.40. The minimum absolute atomic E-state index is 0.152. The van der Waals surface area contributed by atoms with E-state index in [1.165, 1.54) is 29.3 Å². The molecule has 0 atom stereocenters. The van der Waals surface area contributed by atoms with Gasteiger partial charge in [0.1, 0.15) is 23.1 Å². The maximum Gasteiger partial charge on any atom is 0.269 e. The number of fused-ring (bicyclic) bond motifs is 3. The van der Waals surface area contributed by atoms with Crippen molar-refractivity contribution in [2.45, 2.75) is 25.8 Å². The van der Waals surface area contributed by atoms with Crippen LogP contribution in [0.2, 0.25) is 0 Å². The van der Waals surface area contributed by atoms with E-state index >= 15 is 0 Å². The molecule has 0 radical (unpaired) electrons. The summed E-state index contributed by atoms with van der Waals surface area (Å²) < 4.78 is 2.15. The Balaban J connectivity index is 0.000000115. The summed E-state index contributed by atoms with van der Waals surface area (Å²) in [6, 6.07) is 28.2. The minimum atomic E-state index is -0.152. The van der Waals surface area contributed by atoms with Gasteiger partial charge in [-0.15, -0.1) is 0 Å². The number of para-hydroxylation sites is 1. The maximum absolute atomic E-state index is 10.8. The average Bonchev–Trinajstić information content (AvgIpc) is 3.68. The van der Waals surface area contributed by atoms with Crippen LogP contribution in [0.25, 0.3) is 32.8 Å². The molecule has 0 unspecified atom stereocenters. The molecule has 4 aromatic heterocycles. The van der Waals surface area contributed by atoms with Gasteiger partial charge in [-0.05, 0) is 62.2 Å². The first-order valence-corrected chi connectivity index (χ1v) is 14.0. The molecule has 10 heteroatoms. The van der Waals surface area contributed by atoms with Crippen molar-refractivity contribution in [1.82, 2.24) is 45.0 Å². The lowest BCUT2D eigenvalue weighted by Gasteiger charge is -1.98. The molecule has 0 bridgehead atoms. The molecule has 8 rings (SSSR count). The molecule has 1 saturated carbocycles. The fourth-order valence-electron chi connectivity index (χ4n) is 4.30. The van der Waals surface area contributed by atoms with E-state index in [2.05, 4.69) is 83.6 Å². The number of nitrogens with one attached hydrogen (secondary N) is 1. The van der Waals surface area contributed by atoms with Gasteiger partial charge in [-0.1, -0.05) is 48.0 Å². The fraction of sp³-hybridized carbons (Fsp3) is 0.182. The molecule has 3 aromatic carbocycles. The number of hydrogen-bond donors (Lipinski definition) is 1. The second-order valence-corrected chi connectivity index (χ2v) is 9.94. The summed E-state index contributed by atoms with van der Waals surface area (Å²) in [5.74, 6) is -0.152. The number of carbonyl (C=O) groups excluding carboxylic acids is 1. The van der Waals surface area contributed by atoms with E-state index in [1.54, 1.807) is 42.6 Å². The summed E-state index contributed by atoms with van der Waals surface area (Å²) in [5.41, 5.74) is 5.87. The zero-order chi connectivity index (χ0) is 30.0. The molecule has 0 saturated heterocycles. The number of nitrogens with zero attached hydrogens (tertiary/aromatic N) is 8. The first-order chi connectivity index (χ1) is 21.0. The van der Waals surface area contributed by atoms with E-state index in [9.17, 15) is 4.79 Å². The van der Waals surface area contributed by atoms with Crippen molar-refractivity contribution in [3.63, 3.8) is 0 Å². The van der Waals surface area contributed by atoms with E-state index in [1.807, 2.05) is 49.8 Å². The topological polar surface area (TPSA) is 116 Å². The van der Waals surface area contributed by atoms with Gasteiger partial charge in [0, 0.05) is 37.3 Å². The van der Waals surface area contributed by atoms with Crippen LogP contribution in [-0.2, 0) is 7.05 Å². The van der Waals surface area contributed by atoms with Crippen LogP contribution >= 0.6 is 0 Å². The lowest BCUT2D eigenvalue weighted by Crippen LogP contribution is -2.18. The van der Waals surface area contributed by atoms with Gasteiger partial charge in [-0.25, -0.2) is 9.97 Å². The summed E-state index contributed by atoms with van der Waals surface area (Å²) in [5, 5.41) is 17.4. The number of aryl methyl sites for hydroxylation is 2. The highest BCUT2D eigenvalue weighted by Crippen LogP contribution is 2.36. The van der Waals surface area contributed by atoms with Crippen molar-refractivity contribution in [3.05, 3.63) is 121 Å². The molecule has 4 heterocycles. The Bertz CT molecular complexity index is 1890. The smallest absolute Gasteiger partial charge is 0.269 e. The van der Waals surface area contributed by atoms with Gasteiger partial charge in [-0.3, -0.25) is 14.5 Å². The monoisotopic (exact) mass is 571 g/mol. The van der Waals surface area contributed by atoms with Crippen LogP contribution in [-0.4, -0.2) is 52.7 Å². The second kappa shape index (κ2) is 13.9. The number of rotatable bonds is 2. The van der Waals surface area contributed by atoms with E-state index in [0.717, 1.165) is 21.9 Å². The third-order valence-electron chi connectivity index (χ3n) is 6.57. The number of carbonyl (C=O) groups is 1. The van der Waals surface area contributed by atoms with Crippen molar-refractivity contribution in [2.24, 2.45) is 7.05 Å². The van der Waals surface area contributed by atoms with Gasteiger partial charge in [0.2, 0.25) is 0 Å². The molecule has 1 fully saturated rings. The molecule has 0 spiro atoms. The predicted molar refractivity (Wildman–Crippen MR) is 168 cm³/mol. The third kappa shape index (κ3) is 7.82. The van der Waals surface area contributed by atoms with Crippen LogP contribution in [0, 0.1) is 6.92 Å². The molecular formula is C33H33N9O. The highest BCUT2D eigenvalue weighted by Gasteiger charge is 2.25. The van der Waals surface area contributed by atoms with Gasteiger partial charge >= 0.3 is 0 Å². The van der Waals surface area contributed by atoms with Crippen LogP contribution in [0.4, 0.5) is 0 Å². The summed E-state index contributed by atoms with van der Waals surface area (Å²) in [4.78, 5) is 24.3. The van der Waals surface area contributed by atoms with E-state index < -0.39 is 0 Å². The van der Waals surface area contributed by atoms with Gasteiger partial charge in [-0.2, -0.15) is 20.1 Å². The van der Waals surface area contributed by atoms with E-state index in [-0.39, 0.29) is 5.91 Å². The highest BCUT2D eigenvalue weighted by atomic mass is 16.1. The Hall–Kier alpha value is -5.51. The van der Waals surface area contributed by atoms with Crippen LogP contribution in [0.1, 0.15) is 34.9 Å². The van der Waals surface area contributed by atoms with Gasteiger partial charge in [0.15, 0.2) is 0 Å². The molecule has 0 aliphatic heterocycles. The Morgan fingerprint density at radius 3 is 2.23 bits per heavy atom. The van der Waals surface area contributed by atoms with Crippen LogP contribution in [0.15, 0.2) is 110 Å². The number of amides is 1. The first kappa shape index (κ1) is 29.0.